The van der Waals surface area contributed by atoms with Gasteiger partial charge in [-0.3, -0.25) is 4.79 Å². The lowest BCUT2D eigenvalue weighted by molar-refractivity contribution is -0.123. The zero-order chi connectivity index (χ0) is 15.9. The third-order valence-corrected chi connectivity index (χ3v) is 4.09. The van der Waals surface area contributed by atoms with E-state index >= 15 is 0 Å². The van der Waals surface area contributed by atoms with Gasteiger partial charge in [-0.2, -0.15) is 0 Å². The Morgan fingerprint density at radius 3 is 2.77 bits per heavy atom. The molecule has 2 aromatic rings. The molecule has 0 saturated carbocycles. The van der Waals surface area contributed by atoms with Gasteiger partial charge in [0.15, 0.2) is 6.61 Å². The van der Waals surface area contributed by atoms with Crippen LogP contribution in [0.3, 0.4) is 0 Å². The first-order valence-corrected chi connectivity index (χ1v) is 8.12. The summed E-state index contributed by atoms with van der Waals surface area (Å²) < 4.78 is 6.19. The van der Waals surface area contributed by atoms with Gasteiger partial charge in [0.25, 0.3) is 5.91 Å². The number of benzene rings is 2. The van der Waals surface area contributed by atoms with Gasteiger partial charge < -0.3 is 10.1 Å². The maximum Gasteiger partial charge on any atom is 0.257 e. The fourth-order valence-corrected chi connectivity index (χ4v) is 2.81. The molecule has 0 unspecified atom stereocenters. The summed E-state index contributed by atoms with van der Waals surface area (Å²) in [6.45, 7) is 2.64. The highest BCUT2D eigenvalue weighted by atomic mass is 79.9. The van der Waals surface area contributed by atoms with Crippen LogP contribution in [0.15, 0.2) is 46.9 Å². The van der Waals surface area contributed by atoms with E-state index in [4.69, 9.17) is 16.3 Å². The van der Waals surface area contributed by atoms with Gasteiger partial charge in [0, 0.05) is 11.6 Å². The second-order valence-electron chi connectivity index (χ2n) is 4.89. The lowest BCUT2D eigenvalue weighted by atomic mass is 10.1. The molecular weight excluding hydrogens is 366 g/mol. The average Bonchev–Trinajstić information content (AvgIpc) is 2.48. The Morgan fingerprint density at radius 2 is 2.05 bits per heavy atom. The Balaban J connectivity index is 1.75. The molecule has 0 radical (unpaired) electrons. The smallest absolute Gasteiger partial charge is 0.257 e. The zero-order valence-corrected chi connectivity index (χ0v) is 14.6. The van der Waals surface area contributed by atoms with E-state index in [9.17, 15) is 4.79 Å². The lowest BCUT2D eigenvalue weighted by Crippen LogP contribution is -2.30. The van der Waals surface area contributed by atoms with Gasteiger partial charge in [-0.15, -0.1) is 0 Å². The van der Waals surface area contributed by atoms with Crippen molar-refractivity contribution in [1.29, 1.82) is 0 Å². The molecule has 0 saturated heterocycles. The maximum atomic E-state index is 11.8. The first-order chi connectivity index (χ1) is 10.6. The fourth-order valence-electron chi connectivity index (χ4n) is 2.01. The molecular formula is C17H17BrClNO2. The van der Waals surface area contributed by atoms with E-state index in [0.717, 1.165) is 10.9 Å². The van der Waals surface area contributed by atoms with Crippen LogP contribution in [-0.4, -0.2) is 19.1 Å². The first-order valence-electron chi connectivity index (χ1n) is 6.95. The van der Waals surface area contributed by atoms with E-state index in [1.165, 1.54) is 11.1 Å². The summed E-state index contributed by atoms with van der Waals surface area (Å²) in [6, 6.07) is 13.3. The predicted octanol–water partition coefficient (Wildman–Crippen LogP) is 4.15. The second kappa shape index (κ2) is 8.20. The molecule has 1 amide bonds. The van der Waals surface area contributed by atoms with Crippen LogP contribution in [0.2, 0.25) is 5.02 Å². The normalized spacial score (nSPS) is 10.3. The van der Waals surface area contributed by atoms with Gasteiger partial charge >= 0.3 is 0 Å². The highest BCUT2D eigenvalue weighted by molar-refractivity contribution is 9.10. The molecule has 3 nitrogen and oxygen atoms in total. The maximum absolute atomic E-state index is 11.8. The fraction of sp³-hybridized carbons (Fsp3) is 0.235. The van der Waals surface area contributed by atoms with Crippen molar-refractivity contribution in [2.45, 2.75) is 13.3 Å². The topological polar surface area (TPSA) is 38.3 Å². The van der Waals surface area contributed by atoms with Crippen LogP contribution in [-0.2, 0) is 11.2 Å². The Morgan fingerprint density at radius 1 is 1.27 bits per heavy atom. The number of rotatable bonds is 6. The zero-order valence-electron chi connectivity index (χ0n) is 12.2. The summed E-state index contributed by atoms with van der Waals surface area (Å²) in [7, 11) is 0. The number of hydrogen-bond donors (Lipinski definition) is 1. The molecule has 0 atom stereocenters. The van der Waals surface area contributed by atoms with Crippen LogP contribution in [0.4, 0.5) is 0 Å². The van der Waals surface area contributed by atoms with E-state index in [0.29, 0.717) is 17.3 Å². The summed E-state index contributed by atoms with van der Waals surface area (Å²) in [5.74, 6) is 0.453. The standard InChI is InChI=1S/C17H17BrClNO2/c1-12-4-2-3-5-13(12)8-9-20-17(21)11-22-16-7-6-14(19)10-15(16)18/h2-7,10H,8-9,11H2,1H3,(H,20,21). The highest BCUT2D eigenvalue weighted by Gasteiger charge is 2.06. The Bertz CT molecular complexity index is 661. The van der Waals surface area contributed by atoms with E-state index in [-0.39, 0.29) is 12.5 Å². The van der Waals surface area contributed by atoms with Crippen molar-refractivity contribution in [2.24, 2.45) is 0 Å². The Kier molecular flexibility index (Phi) is 6.28. The number of aryl methyl sites for hydroxylation is 1. The second-order valence-corrected chi connectivity index (χ2v) is 6.18. The largest absolute Gasteiger partial charge is 0.483 e. The first kappa shape index (κ1) is 16.8. The number of ether oxygens (including phenoxy) is 1. The van der Waals surface area contributed by atoms with Crippen molar-refractivity contribution < 1.29 is 9.53 Å². The quantitative estimate of drug-likeness (QED) is 0.815. The molecule has 0 heterocycles. The van der Waals surface area contributed by atoms with Crippen molar-refractivity contribution >= 4 is 33.4 Å². The summed E-state index contributed by atoms with van der Waals surface area (Å²) >= 11 is 9.20. The molecule has 0 spiro atoms. The molecule has 0 aliphatic rings. The number of amides is 1. The monoisotopic (exact) mass is 381 g/mol. The average molecular weight is 383 g/mol. The minimum atomic E-state index is -0.143. The summed E-state index contributed by atoms with van der Waals surface area (Å²) in [5, 5.41) is 3.47. The van der Waals surface area contributed by atoms with Crippen molar-refractivity contribution in [3.05, 3.63) is 63.1 Å². The number of carbonyl (C=O) groups excluding carboxylic acids is 1. The van der Waals surface area contributed by atoms with Crippen molar-refractivity contribution in [1.82, 2.24) is 5.32 Å². The number of carbonyl (C=O) groups is 1. The molecule has 2 rings (SSSR count). The van der Waals surface area contributed by atoms with Gasteiger partial charge in [-0.05, 0) is 58.6 Å². The lowest BCUT2D eigenvalue weighted by Gasteiger charge is -2.10. The van der Waals surface area contributed by atoms with E-state index in [1.807, 2.05) is 12.1 Å². The van der Waals surface area contributed by atoms with Crippen LogP contribution >= 0.6 is 27.5 Å². The van der Waals surface area contributed by atoms with Gasteiger partial charge in [0.1, 0.15) is 5.75 Å². The Hall–Kier alpha value is -1.52. The van der Waals surface area contributed by atoms with Gasteiger partial charge in [0.05, 0.1) is 4.47 Å². The molecule has 2 aromatic carbocycles. The highest BCUT2D eigenvalue weighted by Crippen LogP contribution is 2.27. The molecule has 0 aliphatic carbocycles. The molecule has 0 aliphatic heterocycles. The molecule has 0 bridgehead atoms. The third kappa shape index (κ3) is 5.04. The van der Waals surface area contributed by atoms with Crippen LogP contribution < -0.4 is 10.1 Å². The number of nitrogens with one attached hydrogen (secondary N) is 1. The van der Waals surface area contributed by atoms with E-state index < -0.39 is 0 Å². The molecule has 0 aromatic heterocycles. The van der Waals surface area contributed by atoms with Gasteiger partial charge in [-0.25, -0.2) is 0 Å². The summed E-state index contributed by atoms with van der Waals surface area (Å²) in [5.41, 5.74) is 2.47. The SMILES string of the molecule is Cc1ccccc1CCNC(=O)COc1ccc(Cl)cc1Br. The molecule has 5 heteroatoms. The molecule has 1 N–H and O–H groups in total. The molecule has 116 valence electrons. The number of hydrogen-bond acceptors (Lipinski definition) is 2. The van der Waals surface area contributed by atoms with Gasteiger partial charge in [-0.1, -0.05) is 35.9 Å². The van der Waals surface area contributed by atoms with Crippen molar-refractivity contribution in [3.8, 4) is 5.75 Å². The van der Waals surface area contributed by atoms with E-state index in [2.05, 4.69) is 40.3 Å². The minimum absolute atomic E-state index is 0.0198. The van der Waals surface area contributed by atoms with Crippen LogP contribution in [0.1, 0.15) is 11.1 Å². The van der Waals surface area contributed by atoms with Crippen molar-refractivity contribution in [3.63, 3.8) is 0 Å². The molecule has 0 fully saturated rings. The predicted molar refractivity (Wildman–Crippen MR) is 92.5 cm³/mol. The van der Waals surface area contributed by atoms with Crippen LogP contribution in [0.25, 0.3) is 0 Å². The van der Waals surface area contributed by atoms with Crippen LogP contribution in [0.5, 0.6) is 5.75 Å². The molecule has 22 heavy (non-hydrogen) atoms. The summed E-state index contributed by atoms with van der Waals surface area (Å²) in [6.07, 6.45) is 0.809. The van der Waals surface area contributed by atoms with Gasteiger partial charge in [0.2, 0.25) is 0 Å². The van der Waals surface area contributed by atoms with E-state index in [1.54, 1.807) is 18.2 Å². The number of halogens is 2. The van der Waals surface area contributed by atoms with Crippen molar-refractivity contribution in [2.75, 3.05) is 13.2 Å². The third-order valence-electron chi connectivity index (χ3n) is 3.23. The minimum Gasteiger partial charge on any atom is -0.483 e. The van der Waals surface area contributed by atoms with Crippen LogP contribution in [0, 0.1) is 6.92 Å². The Labute approximate surface area is 143 Å². The summed E-state index contributed by atoms with van der Waals surface area (Å²) in [4.78, 5) is 11.8.